The summed E-state index contributed by atoms with van der Waals surface area (Å²) < 4.78 is 5.59. The predicted octanol–water partition coefficient (Wildman–Crippen LogP) is 3.09. The molecule has 1 heterocycles. The van der Waals surface area contributed by atoms with Gasteiger partial charge in [-0.25, -0.2) is 4.99 Å². The summed E-state index contributed by atoms with van der Waals surface area (Å²) in [4.78, 5) is 10.5. The first-order valence-electron chi connectivity index (χ1n) is 7.16. The molecular formula is C15H26N4O. The largest absolute Gasteiger partial charge is 0.478 e. The zero-order chi connectivity index (χ0) is 15.0. The van der Waals surface area contributed by atoms with E-state index >= 15 is 0 Å². The number of ether oxygens (including phenoxy) is 1. The van der Waals surface area contributed by atoms with Crippen molar-refractivity contribution < 1.29 is 4.74 Å². The van der Waals surface area contributed by atoms with Gasteiger partial charge in [0.2, 0.25) is 5.88 Å². The van der Waals surface area contributed by atoms with Crippen molar-refractivity contribution in [3.8, 4) is 5.88 Å². The fraction of sp³-hybridized carbons (Fsp3) is 0.600. The van der Waals surface area contributed by atoms with E-state index in [4.69, 9.17) is 10.5 Å². The lowest BCUT2D eigenvalue weighted by Crippen LogP contribution is -2.14. The second-order valence-electron chi connectivity index (χ2n) is 5.26. The van der Waals surface area contributed by atoms with Crippen LogP contribution in [0.4, 0.5) is 11.5 Å². The molecule has 0 radical (unpaired) electrons. The van der Waals surface area contributed by atoms with Crippen LogP contribution in [0.5, 0.6) is 5.88 Å². The quantitative estimate of drug-likeness (QED) is 0.451. The Bertz CT molecular complexity index is 432. The normalized spacial score (nSPS) is 11.2. The first-order chi connectivity index (χ1) is 9.52. The molecular weight excluding hydrogens is 252 g/mol. The molecule has 0 aliphatic rings. The van der Waals surface area contributed by atoms with Crippen LogP contribution in [0.2, 0.25) is 0 Å². The lowest BCUT2D eigenvalue weighted by Gasteiger charge is -2.10. The molecule has 1 rings (SSSR count). The third kappa shape index (κ3) is 5.91. The Labute approximate surface area is 121 Å². The van der Waals surface area contributed by atoms with Crippen LogP contribution in [0.15, 0.2) is 17.1 Å². The molecule has 1 aromatic heterocycles. The fourth-order valence-electron chi connectivity index (χ4n) is 1.55. The lowest BCUT2D eigenvalue weighted by atomic mass is 10.1. The summed E-state index contributed by atoms with van der Waals surface area (Å²) in [7, 11) is 1.96. The molecule has 1 aromatic rings. The van der Waals surface area contributed by atoms with Crippen molar-refractivity contribution in [3.63, 3.8) is 0 Å². The van der Waals surface area contributed by atoms with E-state index in [9.17, 15) is 0 Å². The van der Waals surface area contributed by atoms with E-state index in [1.54, 1.807) is 6.34 Å². The Kier molecular flexibility index (Phi) is 6.84. The molecule has 0 saturated heterocycles. The number of nitrogens with two attached hydrogens (primary N) is 1. The van der Waals surface area contributed by atoms with E-state index in [0.717, 1.165) is 19.4 Å². The Hall–Kier alpha value is -1.78. The molecule has 0 fully saturated rings. The molecule has 0 aliphatic heterocycles. The topological polar surface area (TPSA) is 63.7 Å². The van der Waals surface area contributed by atoms with Crippen molar-refractivity contribution in [2.45, 2.75) is 33.6 Å². The molecule has 0 aliphatic carbocycles. The van der Waals surface area contributed by atoms with Crippen LogP contribution in [-0.4, -0.2) is 36.4 Å². The van der Waals surface area contributed by atoms with Crippen molar-refractivity contribution >= 4 is 17.8 Å². The van der Waals surface area contributed by atoms with E-state index < -0.39 is 0 Å². The maximum Gasteiger partial charge on any atom is 0.215 e. The number of nitrogen functional groups attached to an aromatic ring is 1. The Morgan fingerprint density at radius 3 is 2.80 bits per heavy atom. The highest BCUT2D eigenvalue weighted by Crippen LogP contribution is 2.22. The maximum absolute atomic E-state index is 5.88. The molecule has 0 spiro atoms. The number of anilines is 1. The predicted molar refractivity (Wildman–Crippen MR) is 84.7 cm³/mol. The Morgan fingerprint density at radius 1 is 1.45 bits per heavy atom. The van der Waals surface area contributed by atoms with Crippen LogP contribution in [0.25, 0.3) is 0 Å². The van der Waals surface area contributed by atoms with Gasteiger partial charge in [0.25, 0.3) is 0 Å². The van der Waals surface area contributed by atoms with Gasteiger partial charge < -0.3 is 15.4 Å². The van der Waals surface area contributed by atoms with Crippen molar-refractivity contribution in [2.24, 2.45) is 10.9 Å². The van der Waals surface area contributed by atoms with E-state index in [-0.39, 0.29) is 0 Å². The second kappa shape index (κ2) is 8.40. The molecule has 0 amide bonds. The molecule has 0 unspecified atom stereocenters. The summed E-state index contributed by atoms with van der Waals surface area (Å²) in [6.07, 6.45) is 3.93. The van der Waals surface area contributed by atoms with E-state index in [0.29, 0.717) is 29.9 Å². The second-order valence-corrected chi connectivity index (χ2v) is 5.26. The van der Waals surface area contributed by atoms with Crippen LogP contribution in [0.1, 0.15) is 33.6 Å². The monoisotopic (exact) mass is 278 g/mol. The highest BCUT2D eigenvalue weighted by atomic mass is 16.5. The van der Waals surface area contributed by atoms with Crippen molar-refractivity contribution in [2.75, 3.05) is 25.9 Å². The van der Waals surface area contributed by atoms with Gasteiger partial charge >= 0.3 is 0 Å². The smallest absolute Gasteiger partial charge is 0.215 e. The van der Waals surface area contributed by atoms with Gasteiger partial charge in [-0.3, -0.25) is 0 Å². The molecule has 0 aromatic carbocycles. The number of pyridine rings is 1. The lowest BCUT2D eigenvalue weighted by molar-refractivity contribution is 0.287. The Balaban J connectivity index is 2.53. The van der Waals surface area contributed by atoms with Gasteiger partial charge in [0.05, 0.1) is 12.9 Å². The minimum absolute atomic E-state index is 0.395. The average Bonchev–Trinajstić information content (AvgIpc) is 2.42. The molecule has 2 N–H and O–H groups in total. The molecule has 5 heteroatoms. The molecule has 0 atom stereocenters. The van der Waals surface area contributed by atoms with E-state index in [1.807, 2.05) is 24.1 Å². The van der Waals surface area contributed by atoms with Crippen LogP contribution in [-0.2, 0) is 0 Å². The highest BCUT2D eigenvalue weighted by Gasteiger charge is 2.03. The number of hydrogen-bond donors (Lipinski definition) is 1. The van der Waals surface area contributed by atoms with Crippen molar-refractivity contribution in [3.05, 3.63) is 12.1 Å². The number of nitrogens with zero attached hydrogens (tertiary/aromatic N) is 3. The van der Waals surface area contributed by atoms with Crippen molar-refractivity contribution in [1.29, 1.82) is 0 Å². The summed E-state index contributed by atoms with van der Waals surface area (Å²) >= 11 is 0. The van der Waals surface area contributed by atoms with Crippen LogP contribution < -0.4 is 10.5 Å². The van der Waals surface area contributed by atoms with Gasteiger partial charge in [-0.05, 0) is 31.7 Å². The van der Waals surface area contributed by atoms with Gasteiger partial charge in [-0.1, -0.05) is 13.8 Å². The van der Waals surface area contributed by atoms with E-state index in [2.05, 4.69) is 30.7 Å². The molecule has 5 nitrogen and oxygen atoms in total. The number of aromatic nitrogens is 1. The summed E-state index contributed by atoms with van der Waals surface area (Å²) in [6.45, 7) is 8.04. The first-order valence-corrected chi connectivity index (χ1v) is 7.16. The van der Waals surface area contributed by atoms with Gasteiger partial charge in [-0.2, -0.15) is 4.98 Å². The zero-order valence-electron chi connectivity index (χ0n) is 13.0. The fourth-order valence-corrected chi connectivity index (χ4v) is 1.55. The van der Waals surface area contributed by atoms with Gasteiger partial charge in [-0.15, -0.1) is 0 Å². The first kappa shape index (κ1) is 16.3. The van der Waals surface area contributed by atoms with Crippen LogP contribution >= 0.6 is 0 Å². The van der Waals surface area contributed by atoms with Gasteiger partial charge in [0.15, 0.2) is 5.82 Å². The maximum atomic E-state index is 5.88. The SMILES string of the molecule is CCN(C)C=Nc1ccc(OCCCC(C)C)nc1N. The molecule has 0 saturated carbocycles. The molecule has 0 bridgehead atoms. The van der Waals surface area contributed by atoms with Crippen molar-refractivity contribution in [1.82, 2.24) is 9.88 Å². The zero-order valence-corrected chi connectivity index (χ0v) is 13.0. The summed E-state index contributed by atoms with van der Waals surface area (Å²) in [5, 5.41) is 0. The Morgan fingerprint density at radius 2 is 2.20 bits per heavy atom. The summed E-state index contributed by atoms with van der Waals surface area (Å²) in [5.74, 6) is 1.66. The standard InChI is InChI=1S/C15H26N4O/c1-5-19(4)11-17-13-8-9-14(18-15(13)16)20-10-6-7-12(2)3/h8-9,11-12H,5-7,10H2,1-4H3,(H2,16,18). The summed E-state index contributed by atoms with van der Waals surface area (Å²) in [5.41, 5.74) is 6.54. The molecule has 112 valence electrons. The van der Waals surface area contributed by atoms with Crippen LogP contribution in [0.3, 0.4) is 0 Å². The third-order valence-electron chi connectivity index (χ3n) is 2.95. The van der Waals surface area contributed by atoms with E-state index in [1.165, 1.54) is 0 Å². The summed E-state index contributed by atoms with van der Waals surface area (Å²) in [6, 6.07) is 3.64. The van der Waals surface area contributed by atoms with Crippen LogP contribution in [0, 0.1) is 5.92 Å². The number of rotatable bonds is 8. The number of hydrogen-bond acceptors (Lipinski definition) is 4. The number of aliphatic imine (C=N–C) groups is 1. The third-order valence-corrected chi connectivity index (χ3v) is 2.95. The highest BCUT2D eigenvalue weighted by molar-refractivity contribution is 5.67. The molecule has 20 heavy (non-hydrogen) atoms. The minimum Gasteiger partial charge on any atom is -0.478 e. The van der Waals surface area contributed by atoms with Gasteiger partial charge in [0.1, 0.15) is 5.69 Å². The van der Waals surface area contributed by atoms with Gasteiger partial charge in [0, 0.05) is 19.7 Å². The average molecular weight is 278 g/mol. The minimum atomic E-state index is 0.395.